The number of aryl methyl sites for hydroxylation is 1. The predicted octanol–water partition coefficient (Wildman–Crippen LogP) is -0.273. The first-order chi connectivity index (χ1) is 11.3. The van der Waals surface area contributed by atoms with Gasteiger partial charge in [0.05, 0.1) is 18.8 Å². The minimum absolute atomic E-state index is 0.120. The van der Waals surface area contributed by atoms with Gasteiger partial charge in [-0.25, -0.2) is 10.1 Å². The Morgan fingerprint density at radius 3 is 2.96 bits per heavy atom. The molecule has 2 aromatic heterocycles. The van der Waals surface area contributed by atoms with E-state index in [1.807, 2.05) is 34.1 Å². The molecule has 0 saturated carbocycles. The molecule has 0 bridgehead atoms. The molecule has 0 spiro atoms. The standard InChI is InChI=1S/C15H21N7O/c23-15(12-4-5-16-17-12)21-8-3-9-22-14(11-21)13(18-19-22)10-20-6-1-2-7-20/h1-2,6-7,12,16-17H,3-5,8-11H2. The zero-order valence-corrected chi connectivity index (χ0v) is 13.0. The van der Waals surface area contributed by atoms with Crippen LogP contribution in [0.25, 0.3) is 0 Å². The van der Waals surface area contributed by atoms with Crippen molar-refractivity contribution in [3.8, 4) is 0 Å². The van der Waals surface area contributed by atoms with Crippen molar-refractivity contribution in [3.05, 3.63) is 35.9 Å². The summed E-state index contributed by atoms with van der Waals surface area (Å²) in [6.07, 6.45) is 5.77. The molecule has 2 N–H and O–H groups in total. The van der Waals surface area contributed by atoms with Gasteiger partial charge >= 0.3 is 0 Å². The van der Waals surface area contributed by atoms with Crippen molar-refractivity contribution in [2.45, 2.75) is 38.5 Å². The molecule has 2 aliphatic rings. The SMILES string of the molecule is O=C(C1CCNN1)N1CCCn2nnc(Cn3cccc3)c2C1. The number of hydrogen-bond donors (Lipinski definition) is 2. The molecule has 0 radical (unpaired) electrons. The Bertz CT molecular complexity index is 672. The molecule has 23 heavy (non-hydrogen) atoms. The van der Waals surface area contributed by atoms with E-state index in [0.717, 1.165) is 43.9 Å². The van der Waals surface area contributed by atoms with Crippen molar-refractivity contribution in [2.24, 2.45) is 0 Å². The van der Waals surface area contributed by atoms with Gasteiger partial charge in [0, 0.05) is 32.0 Å². The van der Waals surface area contributed by atoms with Crippen molar-refractivity contribution < 1.29 is 4.79 Å². The van der Waals surface area contributed by atoms with Crippen LogP contribution < -0.4 is 10.9 Å². The van der Waals surface area contributed by atoms with Crippen LogP contribution in [-0.2, 0) is 24.4 Å². The van der Waals surface area contributed by atoms with Gasteiger partial charge in [0.1, 0.15) is 11.7 Å². The zero-order chi connectivity index (χ0) is 15.6. The van der Waals surface area contributed by atoms with Crippen molar-refractivity contribution >= 4 is 5.91 Å². The fourth-order valence-corrected chi connectivity index (χ4v) is 3.24. The molecule has 0 aromatic carbocycles. The number of hydrazine groups is 1. The maximum atomic E-state index is 12.7. The highest BCUT2D eigenvalue weighted by Crippen LogP contribution is 2.17. The second kappa shape index (κ2) is 6.13. The molecule has 1 amide bonds. The summed E-state index contributed by atoms with van der Waals surface area (Å²) >= 11 is 0. The number of amides is 1. The highest BCUT2D eigenvalue weighted by atomic mass is 16.2. The van der Waals surface area contributed by atoms with E-state index in [1.54, 1.807) is 0 Å². The van der Waals surface area contributed by atoms with Crippen LogP contribution in [0, 0.1) is 0 Å². The van der Waals surface area contributed by atoms with E-state index in [9.17, 15) is 4.79 Å². The fourth-order valence-electron chi connectivity index (χ4n) is 3.24. The predicted molar refractivity (Wildman–Crippen MR) is 83.1 cm³/mol. The van der Waals surface area contributed by atoms with E-state index in [4.69, 9.17) is 0 Å². The second-order valence-corrected chi connectivity index (χ2v) is 6.09. The Kier molecular flexibility index (Phi) is 3.84. The topological polar surface area (TPSA) is 80.0 Å². The van der Waals surface area contributed by atoms with Crippen molar-refractivity contribution in [1.82, 2.24) is 35.3 Å². The van der Waals surface area contributed by atoms with Crippen LogP contribution in [0.3, 0.4) is 0 Å². The smallest absolute Gasteiger partial charge is 0.241 e. The van der Waals surface area contributed by atoms with Crippen LogP contribution in [0.1, 0.15) is 24.2 Å². The largest absolute Gasteiger partial charge is 0.348 e. The minimum atomic E-state index is -0.120. The molecule has 8 heteroatoms. The highest BCUT2D eigenvalue weighted by molar-refractivity contribution is 5.82. The summed E-state index contributed by atoms with van der Waals surface area (Å²) < 4.78 is 4.02. The highest BCUT2D eigenvalue weighted by Gasteiger charge is 2.29. The van der Waals surface area contributed by atoms with Crippen LogP contribution in [-0.4, -0.2) is 49.5 Å². The summed E-state index contributed by atoms with van der Waals surface area (Å²) in [6.45, 7) is 3.69. The van der Waals surface area contributed by atoms with Crippen molar-refractivity contribution in [3.63, 3.8) is 0 Å². The van der Waals surface area contributed by atoms with E-state index in [2.05, 4.69) is 25.7 Å². The summed E-state index contributed by atoms with van der Waals surface area (Å²) in [5.74, 6) is 0.163. The monoisotopic (exact) mass is 315 g/mol. The lowest BCUT2D eigenvalue weighted by atomic mass is 10.2. The third-order valence-corrected chi connectivity index (χ3v) is 4.50. The summed E-state index contributed by atoms with van der Waals surface area (Å²) in [5.41, 5.74) is 8.09. The van der Waals surface area contributed by atoms with Gasteiger partial charge in [0.2, 0.25) is 5.91 Å². The van der Waals surface area contributed by atoms with Gasteiger partial charge in [-0.15, -0.1) is 5.10 Å². The second-order valence-electron chi connectivity index (χ2n) is 6.09. The molecule has 2 aliphatic heterocycles. The molecule has 1 fully saturated rings. The number of hydrogen-bond acceptors (Lipinski definition) is 5. The van der Waals surface area contributed by atoms with Gasteiger partial charge in [-0.1, -0.05) is 5.21 Å². The van der Waals surface area contributed by atoms with Gasteiger partial charge in [0.25, 0.3) is 0 Å². The van der Waals surface area contributed by atoms with Crippen LogP contribution in [0.15, 0.2) is 24.5 Å². The number of aromatic nitrogens is 4. The molecule has 4 heterocycles. The van der Waals surface area contributed by atoms with Gasteiger partial charge in [0.15, 0.2) is 0 Å². The first-order valence-corrected chi connectivity index (χ1v) is 8.10. The molecule has 1 saturated heterocycles. The Morgan fingerprint density at radius 2 is 2.17 bits per heavy atom. The Hall–Kier alpha value is -2.19. The molecular weight excluding hydrogens is 294 g/mol. The Labute approximate surface area is 134 Å². The Morgan fingerprint density at radius 1 is 1.30 bits per heavy atom. The van der Waals surface area contributed by atoms with Crippen LogP contribution in [0.5, 0.6) is 0 Å². The van der Waals surface area contributed by atoms with E-state index >= 15 is 0 Å². The molecule has 1 unspecified atom stereocenters. The maximum Gasteiger partial charge on any atom is 0.241 e. The average Bonchev–Trinajstić information content (AvgIpc) is 3.29. The summed E-state index contributed by atoms with van der Waals surface area (Å²) in [7, 11) is 0. The number of fused-ring (bicyclic) bond motifs is 1. The van der Waals surface area contributed by atoms with Crippen LogP contribution >= 0.6 is 0 Å². The number of rotatable bonds is 3. The normalized spacial score (nSPS) is 21.2. The van der Waals surface area contributed by atoms with Crippen LogP contribution in [0.4, 0.5) is 0 Å². The molecule has 8 nitrogen and oxygen atoms in total. The van der Waals surface area contributed by atoms with Crippen LogP contribution in [0.2, 0.25) is 0 Å². The lowest BCUT2D eigenvalue weighted by Crippen LogP contribution is -2.45. The first kappa shape index (κ1) is 14.4. The quantitative estimate of drug-likeness (QED) is 0.815. The molecule has 2 aromatic rings. The van der Waals surface area contributed by atoms with Crippen molar-refractivity contribution in [1.29, 1.82) is 0 Å². The van der Waals surface area contributed by atoms with E-state index in [0.29, 0.717) is 13.1 Å². The third kappa shape index (κ3) is 2.87. The molecule has 4 rings (SSSR count). The molecule has 122 valence electrons. The van der Waals surface area contributed by atoms with Gasteiger partial charge in [-0.2, -0.15) is 0 Å². The summed E-state index contributed by atoms with van der Waals surface area (Å²) in [5, 5.41) is 8.61. The van der Waals surface area contributed by atoms with Crippen molar-refractivity contribution in [2.75, 3.05) is 13.1 Å². The molecule has 1 atom stereocenters. The van der Waals surface area contributed by atoms with E-state index < -0.39 is 0 Å². The first-order valence-electron chi connectivity index (χ1n) is 8.10. The lowest BCUT2D eigenvalue weighted by Gasteiger charge is -2.23. The Balaban J connectivity index is 1.55. The minimum Gasteiger partial charge on any atom is -0.348 e. The van der Waals surface area contributed by atoms with E-state index in [1.165, 1.54) is 0 Å². The van der Waals surface area contributed by atoms with Gasteiger partial charge in [-0.3, -0.25) is 10.2 Å². The van der Waals surface area contributed by atoms with E-state index in [-0.39, 0.29) is 11.9 Å². The third-order valence-electron chi connectivity index (χ3n) is 4.50. The number of carbonyl (C=O) groups is 1. The average molecular weight is 315 g/mol. The fraction of sp³-hybridized carbons (Fsp3) is 0.533. The number of nitrogens with one attached hydrogen (secondary N) is 2. The number of carbonyl (C=O) groups excluding carboxylic acids is 1. The van der Waals surface area contributed by atoms with Gasteiger partial charge < -0.3 is 9.47 Å². The molecule has 0 aliphatic carbocycles. The maximum absolute atomic E-state index is 12.7. The van der Waals surface area contributed by atoms with Gasteiger partial charge in [-0.05, 0) is 25.0 Å². The summed E-state index contributed by atoms with van der Waals surface area (Å²) in [4.78, 5) is 14.6. The summed E-state index contributed by atoms with van der Waals surface area (Å²) in [6, 6.07) is 3.87. The number of nitrogens with zero attached hydrogens (tertiary/aromatic N) is 5. The lowest BCUT2D eigenvalue weighted by molar-refractivity contribution is -0.133. The zero-order valence-electron chi connectivity index (χ0n) is 13.0. The molecular formula is C15H21N7O.